The van der Waals surface area contributed by atoms with E-state index in [0.29, 0.717) is 12.2 Å². The number of carbonyl (C=O) groups excluding carboxylic acids is 1. The fourth-order valence-corrected chi connectivity index (χ4v) is 2.47. The molecule has 2 aromatic rings. The monoisotopic (exact) mass is 315 g/mol. The van der Waals surface area contributed by atoms with Gasteiger partial charge in [0.25, 0.3) is 0 Å². The molecule has 1 aromatic heterocycles. The minimum absolute atomic E-state index is 0.340. The van der Waals surface area contributed by atoms with Crippen molar-refractivity contribution < 1.29 is 9.53 Å². The minimum Gasteiger partial charge on any atom is -0.462 e. The number of pyridine rings is 1. The van der Waals surface area contributed by atoms with Gasteiger partial charge in [-0.3, -0.25) is 4.98 Å². The summed E-state index contributed by atoms with van der Waals surface area (Å²) in [4.78, 5) is 18.8. The zero-order valence-corrected chi connectivity index (χ0v) is 14.6. The van der Waals surface area contributed by atoms with Crippen LogP contribution >= 0.6 is 0 Å². The number of aryl methyl sites for hydroxylation is 2. The van der Waals surface area contributed by atoms with Gasteiger partial charge in [0.15, 0.2) is 0 Å². The van der Waals surface area contributed by atoms with E-state index in [2.05, 4.69) is 35.1 Å². The van der Waals surface area contributed by atoms with Gasteiger partial charge in [-0.25, -0.2) is 4.79 Å². The molecular formula is C18H25N3O2. The number of hydrogen-bond acceptors (Lipinski definition) is 5. The number of benzene rings is 1. The van der Waals surface area contributed by atoms with E-state index in [4.69, 9.17) is 4.74 Å². The number of anilines is 1. The Morgan fingerprint density at radius 2 is 2.04 bits per heavy atom. The second-order valence-corrected chi connectivity index (χ2v) is 5.90. The molecule has 0 atom stereocenters. The highest BCUT2D eigenvalue weighted by atomic mass is 16.5. The van der Waals surface area contributed by atoms with E-state index < -0.39 is 0 Å². The summed E-state index contributed by atoms with van der Waals surface area (Å²) in [5.41, 5.74) is 4.53. The van der Waals surface area contributed by atoms with Crippen LogP contribution in [0.3, 0.4) is 0 Å². The average Bonchev–Trinajstić information content (AvgIpc) is 2.51. The van der Waals surface area contributed by atoms with Gasteiger partial charge in [0.2, 0.25) is 0 Å². The maximum absolute atomic E-state index is 12.2. The minimum atomic E-state index is -0.340. The molecule has 0 aliphatic heterocycles. The Labute approximate surface area is 137 Å². The van der Waals surface area contributed by atoms with Gasteiger partial charge in [-0.05, 0) is 46.0 Å². The van der Waals surface area contributed by atoms with Gasteiger partial charge in [-0.15, -0.1) is 0 Å². The Bertz CT molecular complexity index is 711. The summed E-state index contributed by atoms with van der Waals surface area (Å²) in [5.74, 6) is -0.340. The van der Waals surface area contributed by atoms with E-state index in [1.807, 2.05) is 20.2 Å². The first-order valence-electron chi connectivity index (χ1n) is 7.90. The first kappa shape index (κ1) is 17.2. The van der Waals surface area contributed by atoms with Crippen molar-refractivity contribution in [1.29, 1.82) is 0 Å². The largest absolute Gasteiger partial charge is 0.462 e. The molecule has 0 unspecified atom stereocenters. The van der Waals surface area contributed by atoms with Crippen molar-refractivity contribution in [2.45, 2.75) is 20.8 Å². The first-order valence-corrected chi connectivity index (χ1v) is 7.90. The molecule has 1 heterocycles. The van der Waals surface area contributed by atoms with Crippen LogP contribution in [0.25, 0.3) is 10.9 Å². The molecule has 0 aliphatic carbocycles. The summed E-state index contributed by atoms with van der Waals surface area (Å²) in [6.45, 7) is 7.88. The van der Waals surface area contributed by atoms with Crippen LogP contribution in [0.2, 0.25) is 0 Å². The molecule has 0 bridgehead atoms. The Morgan fingerprint density at radius 1 is 1.30 bits per heavy atom. The topological polar surface area (TPSA) is 54.5 Å². The predicted octanol–water partition coefficient (Wildman–Crippen LogP) is 3.00. The summed E-state index contributed by atoms with van der Waals surface area (Å²) in [6, 6.07) is 4.08. The molecule has 0 amide bonds. The second-order valence-electron chi connectivity index (χ2n) is 5.90. The smallest absolute Gasteiger partial charge is 0.341 e. The van der Waals surface area contributed by atoms with E-state index in [1.165, 1.54) is 5.56 Å². The van der Waals surface area contributed by atoms with Crippen molar-refractivity contribution in [3.63, 3.8) is 0 Å². The van der Waals surface area contributed by atoms with Crippen LogP contribution in [0.1, 0.15) is 28.4 Å². The molecule has 124 valence electrons. The molecule has 1 aromatic carbocycles. The molecule has 0 aliphatic rings. The Kier molecular flexibility index (Phi) is 5.55. The zero-order chi connectivity index (χ0) is 17.0. The van der Waals surface area contributed by atoms with Crippen molar-refractivity contribution >= 4 is 22.6 Å². The van der Waals surface area contributed by atoms with E-state index in [0.717, 1.165) is 35.2 Å². The SMILES string of the molecule is CCOC(=O)c1cnc2c(C)c(C)ccc2c1NCCN(C)C. The highest BCUT2D eigenvalue weighted by molar-refractivity contribution is 6.05. The standard InChI is InChI=1S/C18H25N3O2/c1-6-23-18(22)15-11-20-16-13(3)12(2)7-8-14(16)17(15)19-9-10-21(4)5/h7-8,11H,6,9-10H2,1-5H3,(H,19,20). The number of fused-ring (bicyclic) bond motifs is 1. The van der Waals surface area contributed by atoms with Crippen molar-refractivity contribution in [2.24, 2.45) is 0 Å². The molecule has 0 saturated heterocycles. The number of likely N-dealkylation sites (N-methyl/N-ethyl adjacent to an activating group) is 1. The van der Waals surface area contributed by atoms with Gasteiger partial charge in [0.1, 0.15) is 5.56 Å². The summed E-state index contributed by atoms with van der Waals surface area (Å²) in [7, 11) is 4.04. The molecule has 5 nitrogen and oxygen atoms in total. The first-order chi connectivity index (χ1) is 11.0. The zero-order valence-electron chi connectivity index (χ0n) is 14.6. The van der Waals surface area contributed by atoms with Crippen LogP contribution in [0, 0.1) is 13.8 Å². The Balaban J connectivity index is 2.52. The number of rotatable bonds is 6. The fourth-order valence-electron chi connectivity index (χ4n) is 2.47. The lowest BCUT2D eigenvalue weighted by Gasteiger charge is -2.17. The van der Waals surface area contributed by atoms with Crippen molar-refractivity contribution in [2.75, 3.05) is 39.1 Å². The number of ether oxygens (including phenoxy) is 1. The summed E-state index contributed by atoms with van der Waals surface area (Å²) in [5, 5.41) is 4.35. The van der Waals surface area contributed by atoms with Crippen LogP contribution in [0.15, 0.2) is 18.3 Å². The molecule has 0 spiro atoms. The predicted molar refractivity (Wildman–Crippen MR) is 94.2 cm³/mol. The number of nitrogens with zero attached hydrogens (tertiary/aromatic N) is 2. The highest BCUT2D eigenvalue weighted by Gasteiger charge is 2.17. The summed E-state index contributed by atoms with van der Waals surface area (Å²) in [6.07, 6.45) is 1.62. The molecule has 23 heavy (non-hydrogen) atoms. The number of hydrogen-bond donors (Lipinski definition) is 1. The third kappa shape index (κ3) is 3.79. The average molecular weight is 315 g/mol. The number of carbonyl (C=O) groups is 1. The molecule has 0 radical (unpaired) electrons. The van der Waals surface area contributed by atoms with Crippen LogP contribution in [-0.2, 0) is 4.74 Å². The van der Waals surface area contributed by atoms with Gasteiger partial charge in [-0.1, -0.05) is 12.1 Å². The van der Waals surface area contributed by atoms with Crippen molar-refractivity contribution in [3.8, 4) is 0 Å². The lowest BCUT2D eigenvalue weighted by Crippen LogP contribution is -2.22. The Morgan fingerprint density at radius 3 is 2.70 bits per heavy atom. The third-order valence-corrected chi connectivity index (χ3v) is 3.92. The number of nitrogens with one attached hydrogen (secondary N) is 1. The third-order valence-electron chi connectivity index (χ3n) is 3.92. The quantitative estimate of drug-likeness (QED) is 0.831. The maximum Gasteiger partial charge on any atom is 0.341 e. The van der Waals surface area contributed by atoms with Gasteiger partial charge >= 0.3 is 5.97 Å². The van der Waals surface area contributed by atoms with Gasteiger partial charge in [0.05, 0.1) is 17.8 Å². The molecule has 1 N–H and O–H groups in total. The van der Waals surface area contributed by atoms with E-state index in [-0.39, 0.29) is 5.97 Å². The Hall–Kier alpha value is -2.14. The lowest BCUT2D eigenvalue weighted by molar-refractivity contribution is 0.0527. The summed E-state index contributed by atoms with van der Waals surface area (Å²) >= 11 is 0. The normalized spacial score (nSPS) is 11.0. The molecule has 5 heteroatoms. The fraction of sp³-hybridized carbons (Fsp3) is 0.444. The van der Waals surface area contributed by atoms with E-state index >= 15 is 0 Å². The van der Waals surface area contributed by atoms with E-state index in [9.17, 15) is 4.79 Å². The van der Waals surface area contributed by atoms with Crippen LogP contribution < -0.4 is 5.32 Å². The maximum atomic E-state index is 12.2. The number of aromatic nitrogens is 1. The van der Waals surface area contributed by atoms with Crippen LogP contribution in [-0.4, -0.2) is 49.6 Å². The number of esters is 1. The molecule has 0 fully saturated rings. The van der Waals surface area contributed by atoms with Gasteiger partial charge in [0, 0.05) is 24.7 Å². The van der Waals surface area contributed by atoms with Crippen molar-refractivity contribution in [3.05, 3.63) is 35.0 Å². The molecular weight excluding hydrogens is 290 g/mol. The summed E-state index contributed by atoms with van der Waals surface area (Å²) < 4.78 is 5.17. The van der Waals surface area contributed by atoms with Crippen LogP contribution in [0.4, 0.5) is 5.69 Å². The molecule has 0 saturated carbocycles. The van der Waals surface area contributed by atoms with Crippen molar-refractivity contribution in [1.82, 2.24) is 9.88 Å². The second kappa shape index (κ2) is 7.42. The van der Waals surface area contributed by atoms with Gasteiger partial charge in [-0.2, -0.15) is 0 Å². The van der Waals surface area contributed by atoms with Gasteiger partial charge < -0.3 is 15.0 Å². The lowest BCUT2D eigenvalue weighted by atomic mass is 10.0. The highest BCUT2D eigenvalue weighted by Crippen LogP contribution is 2.29. The van der Waals surface area contributed by atoms with Crippen LogP contribution in [0.5, 0.6) is 0 Å². The molecule has 2 rings (SSSR count). The van der Waals surface area contributed by atoms with E-state index in [1.54, 1.807) is 13.1 Å².